The van der Waals surface area contributed by atoms with Gasteiger partial charge in [0.25, 0.3) is 0 Å². The van der Waals surface area contributed by atoms with Gasteiger partial charge in [-0.05, 0) is 32.1 Å². The zero-order chi connectivity index (χ0) is 15.7. The van der Waals surface area contributed by atoms with E-state index in [2.05, 4.69) is 58.6 Å². The van der Waals surface area contributed by atoms with Crippen LogP contribution in [-0.2, 0) is 13.5 Å². The van der Waals surface area contributed by atoms with Crippen LogP contribution in [-0.4, -0.2) is 28.9 Å². The van der Waals surface area contributed by atoms with Crippen molar-refractivity contribution < 1.29 is 0 Å². The van der Waals surface area contributed by atoms with E-state index in [1.807, 2.05) is 11.7 Å². The molecule has 1 rings (SSSR count). The van der Waals surface area contributed by atoms with Gasteiger partial charge in [0.05, 0.1) is 5.69 Å². The van der Waals surface area contributed by atoms with Crippen molar-refractivity contribution in [3.63, 3.8) is 0 Å². The number of aromatic nitrogens is 2. The second kappa shape index (κ2) is 6.17. The van der Waals surface area contributed by atoms with Crippen LogP contribution in [0.3, 0.4) is 0 Å². The maximum atomic E-state index is 6.16. The summed E-state index contributed by atoms with van der Waals surface area (Å²) in [5.41, 5.74) is 8.77. The average Bonchev–Trinajstić information content (AvgIpc) is 2.61. The van der Waals surface area contributed by atoms with Crippen LogP contribution < -0.4 is 10.6 Å². The molecule has 116 valence electrons. The van der Waals surface area contributed by atoms with Crippen LogP contribution in [0, 0.1) is 12.3 Å². The molecule has 0 amide bonds. The van der Waals surface area contributed by atoms with Crippen LogP contribution in [0.15, 0.2) is 0 Å². The Morgan fingerprint density at radius 2 is 1.90 bits per heavy atom. The van der Waals surface area contributed by atoms with Gasteiger partial charge < -0.3 is 10.6 Å². The van der Waals surface area contributed by atoms with Crippen LogP contribution in [0.5, 0.6) is 0 Å². The Balaban J connectivity index is 3.17. The van der Waals surface area contributed by atoms with E-state index in [9.17, 15) is 0 Å². The number of anilines is 1. The largest absolute Gasteiger partial charge is 0.356 e. The maximum absolute atomic E-state index is 6.16. The van der Waals surface area contributed by atoms with Crippen molar-refractivity contribution >= 4 is 5.82 Å². The summed E-state index contributed by atoms with van der Waals surface area (Å²) in [6, 6.07) is 0.629. The molecule has 0 aliphatic heterocycles. The Bertz CT molecular complexity index is 442. The molecule has 0 aromatic carbocycles. The third kappa shape index (κ3) is 3.54. The molecular formula is C16H32N4. The van der Waals surface area contributed by atoms with E-state index in [1.165, 1.54) is 11.4 Å². The molecule has 0 bridgehead atoms. The Kier molecular flexibility index (Phi) is 5.25. The summed E-state index contributed by atoms with van der Waals surface area (Å²) in [4.78, 5) is 2.34. The summed E-state index contributed by atoms with van der Waals surface area (Å²) in [5, 5.41) is 4.60. The standard InChI is InChI=1S/C16H32N4/c1-9-13(17)10-14-11(2)18-20(8)15(14)19(7)12(3)16(4,5)6/h12-13H,9-10,17H2,1-8H3. The fourth-order valence-electron chi connectivity index (χ4n) is 2.54. The number of nitrogens with zero attached hydrogens (tertiary/aromatic N) is 3. The molecule has 0 radical (unpaired) electrons. The first-order valence-corrected chi connectivity index (χ1v) is 7.60. The van der Waals surface area contributed by atoms with Gasteiger partial charge in [-0.3, -0.25) is 4.68 Å². The van der Waals surface area contributed by atoms with Crippen molar-refractivity contribution in [3.8, 4) is 0 Å². The number of hydrogen-bond donors (Lipinski definition) is 1. The molecule has 2 unspecified atom stereocenters. The normalized spacial score (nSPS) is 15.2. The highest BCUT2D eigenvalue weighted by atomic mass is 15.4. The minimum atomic E-state index is 0.204. The third-order valence-corrected chi connectivity index (χ3v) is 4.47. The Labute approximate surface area is 124 Å². The van der Waals surface area contributed by atoms with E-state index in [4.69, 9.17) is 5.73 Å². The van der Waals surface area contributed by atoms with Crippen molar-refractivity contribution in [2.45, 2.75) is 66.5 Å². The van der Waals surface area contributed by atoms with Crippen molar-refractivity contribution in [1.29, 1.82) is 0 Å². The van der Waals surface area contributed by atoms with Crippen LogP contribution in [0.25, 0.3) is 0 Å². The van der Waals surface area contributed by atoms with E-state index in [0.717, 1.165) is 18.5 Å². The quantitative estimate of drug-likeness (QED) is 0.902. The summed E-state index contributed by atoms with van der Waals surface area (Å²) in [6.45, 7) is 13.3. The van der Waals surface area contributed by atoms with E-state index >= 15 is 0 Å². The second-order valence-corrected chi connectivity index (χ2v) is 7.04. The molecule has 4 heteroatoms. The Morgan fingerprint density at radius 3 is 2.35 bits per heavy atom. The molecule has 4 nitrogen and oxygen atoms in total. The number of nitrogens with two attached hydrogens (primary N) is 1. The van der Waals surface area contributed by atoms with Crippen molar-refractivity contribution in [2.24, 2.45) is 18.2 Å². The first-order valence-electron chi connectivity index (χ1n) is 7.60. The van der Waals surface area contributed by atoms with Gasteiger partial charge in [-0.25, -0.2) is 0 Å². The van der Waals surface area contributed by atoms with E-state index in [0.29, 0.717) is 6.04 Å². The monoisotopic (exact) mass is 280 g/mol. The topological polar surface area (TPSA) is 47.1 Å². The van der Waals surface area contributed by atoms with Gasteiger partial charge in [0.2, 0.25) is 0 Å². The van der Waals surface area contributed by atoms with E-state index in [1.54, 1.807) is 0 Å². The molecule has 0 saturated carbocycles. The SMILES string of the molecule is CCC(N)Cc1c(C)nn(C)c1N(C)C(C)C(C)(C)C. The summed E-state index contributed by atoms with van der Waals surface area (Å²) in [6.07, 6.45) is 1.89. The van der Waals surface area contributed by atoms with Gasteiger partial charge in [0.1, 0.15) is 5.82 Å². The molecule has 0 spiro atoms. The van der Waals surface area contributed by atoms with Crippen LogP contribution >= 0.6 is 0 Å². The lowest BCUT2D eigenvalue weighted by Gasteiger charge is -2.37. The van der Waals surface area contributed by atoms with Crippen LogP contribution in [0.4, 0.5) is 5.82 Å². The number of aryl methyl sites for hydroxylation is 2. The molecule has 1 aromatic heterocycles. The molecule has 1 aromatic rings. The highest BCUT2D eigenvalue weighted by Crippen LogP contribution is 2.31. The molecule has 20 heavy (non-hydrogen) atoms. The Morgan fingerprint density at radius 1 is 1.35 bits per heavy atom. The molecule has 0 aliphatic carbocycles. The summed E-state index contributed by atoms with van der Waals surface area (Å²) in [7, 11) is 4.18. The lowest BCUT2D eigenvalue weighted by atomic mass is 9.87. The fraction of sp³-hybridized carbons (Fsp3) is 0.812. The highest BCUT2D eigenvalue weighted by Gasteiger charge is 2.28. The van der Waals surface area contributed by atoms with E-state index < -0.39 is 0 Å². The zero-order valence-corrected chi connectivity index (χ0v) is 14.5. The zero-order valence-electron chi connectivity index (χ0n) is 14.5. The van der Waals surface area contributed by atoms with Crippen LogP contribution in [0.2, 0.25) is 0 Å². The van der Waals surface area contributed by atoms with Crippen molar-refractivity contribution in [1.82, 2.24) is 9.78 Å². The summed E-state index contributed by atoms with van der Waals surface area (Å²) < 4.78 is 2.00. The maximum Gasteiger partial charge on any atom is 0.130 e. The van der Waals surface area contributed by atoms with E-state index in [-0.39, 0.29) is 11.5 Å². The molecule has 0 saturated heterocycles. The van der Waals surface area contributed by atoms with Gasteiger partial charge >= 0.3 is 0 Å². The van der Waals surface area contributed by atoms with Gasteiger partial charge in [0, 0.05) is 31.7 Å². The van der Waals surface area contributed by atoms with Gasteiger partial charge in [-0.15, -0.1) is 0 Å². The minimum Gasteiger partial charge on any atom is -0.356 e. The van der Waals surface area contributed by atoms with Gasteiger partial charge in [-0.1, -0.05) is 27.7 Å². The van der Waals surface area contributed by atoms with Gasteiger partial charge in [-0.2, -0.15) is 5.10 Å². The smallest absolute Gasteiger partial charge is 0.130 e. The molecule has 1 heterocycles. The lowest BCUT2D eigenvalue weighted by molar-refractivity contribution is 0.326. The molecule has 0 aliphatic rings. The first kappa shape index (κ1) is 17.0. The molecule has 2 atom stereocenters. The fourth-order valence-corrected chi connectivity index (χ4v) is 2.54. The summed E-state index contributed by atoms with van der Waals surface area (Å²) in [5.74, 6) is 1.20. The van der Waals surface area contributed by atoms with Crippen molar-refractivity contribution in [3.05, 3.63) is 11.3 Å². The number of rotatable bonds is 5. The molecular weight excluding hydrogens is 248 g/mol. The number of hydrogen-bond acceptors (Lipinski definition) is 3. The van der Waals surface area contributed by atoms with Gasteiger partial charge in [0.15, 0.2) is 0 Å². The second-order valence-electron chi connectivity index (χ2n) is 7.04. The average molecular weight is 280 g/mol. The Hall–Kier alpha value is -1.03. The van der Waals surface area contributed by atoms with Crippen LogP contribution in [0.1, 0.15) is 52.3 Å². The highest BCUT2D eigenvalue weighted by molar-refractivity contribution is 5.51. The molecule has 0 fully saturated rings. The first-order chi connectivity index (χ1) is 9.09. The minimum absolute atomic E-state index is 0.204. The van der Waals surface area contributed by atoms with Crippen molar-refractivity contribution in [2.75, 3.05) is 11.9 Å². The summed E-state index contributed by atoms with van der Waals surface area (Å²) >= 11 is 0. The predicted molar refractivity (Wildman–Crippen MR) is 87.2 cm³/mol. The molecule has 2 N–H and O–H groups in total. The third-order valence-electron chi connectivity index (χ3n) is 4.47. The predicted octanol–water partition coefficient (Wildman–Crippen LogP) is 2.88. The lowest BCUT2D eigenvalue weighted by Crippen LogP contribution is -2.41.